The molecule has 0 unspecified atom stereocenters. The number of aromatic nitrogens is 2. The van der Waals surface area contributed by atoms with Crippen molar-refractivity contribution in [2.75, 3.05) is 6.54 Å². The van der Waals surface area contributed by atoms with Crippen LogP contribution in [0.4, 0.5) is 0 Å². The van der Waals surface area contributed by atoms with Crippen molar-refractivity contribution in [1.29, 1.82) is 0 Å². The van der Waals surface area contributed by atoms with Gasteiger partial charge in [0.05, 0.1) is 5.52 Å². The first-order chi connectivity index (χ1) is 11.1. The summed E-state index contributed by atoms with van der Waals surface area (Å²) in [5.41, 5.74) is 1.26. The summed E-state index contributed by atoms with van der Waals surface area (Å²) in [6.45, 7) is 0.448. The van der Waals surface area contributed by atoms with Gasteiger partial charge in [-0.25, -0.2) is 4.79 Å². The SMILES string of the molecule is O=C(NCCc1ccc(Cl)cc1)c1nc(=O)[nH]c2ccccc12. The minimum atomic E-state index is -0.536. The standard InChI is InChI=1S/C17H14ClN3O2/c18-12-7-5-11(6-8-12)9-10-19-16(22)15-13-3-1-2-4-14(13)20-17(23)21-15/h1-8H,9-10H2,(H,19,22)(H,20,21,23). The van der Waals surface area contributed by atoms with Crippen LogP contribution < -0.4 is 11.0 Å². The summed E-state index contributed by atoms with van der Waals surface area (Å²) in [5.74, 6) is -0.360. The lowest BCUT2D eigenvalue weighted by Gasteiger charge is -2.07. The zero-order chi connectivity index (χ0) is 16.2. The molecule has 0 saturated heterocycles. The Morgan fingerprint density at radius 1 is 1.13 bits per heavy atom. The van der Waals surface area contributed by atoms with Crippen LogP contribution in [0.1, 0.15) is 16.1 Å². The molecule has 23 heavy (non-hydrogen) atoms. The maximum atomic E-state index is 12.3. The molecule has 3 aromatic rings. The highest BCUT2D eigenvalue weighted by Gasteiger charge is 2.12. The monoisotopic (exact) mass is 327 g/mol. The Hall–Kier alpha value is -2.66. The topological polar surface area (TPSA) is 74.8 Å². The van der Waals surface area contributed by atoms with Crippen LogP contribution in [-0.4, -0.2) is 22.4 Å². The van der Waals surface area contributed by atoms with Crippen molar-refractivity contribution >= 4 is 28.4 Å². The van der Waals surface area contributed by atoms with Gasteiger partial charge in [0, 0.05) is 17.0 Å². The molecule has 6 heteroatoms. The third-order valence-corrected chi connectivity index (χ3v) is 3.72. The first-order valence-electron chi connectivity index (χ1n) is 7.15. The van der Waals surface area contributed by atoms with E-state index in [4.69, 9.17) is 11.6 Å². The molecule has 0 bridgehead atoms. The Morgan fingerprint density at radius 2 is 1.87 bits per heavy atom. The van der Waals surface area contributed by atoms with E-state index in [9.17, 15) is 9.59 Å². The molecular formula is C17H14ClN3O2. The Balaban J connectivity index is 1.73. The van der Waals surface area contributed by atoms with Crippen LogP contribution >= 0.6 is 11.6 Å². The number of fused-ring (bicyclic) bond motifs is 1. The minimum absolute atomic E-state index is 0.139. The van der Waals surface area contributed by atoms with E-state index in [1.165, 1.54) is 0 Å². The van der Waals surface area contributed by atoms with Crippen molar-refractivity contribution < 1.29 is 4.79 Å². The maximum Gasteiger partial charge on any atom is 0.346 e. The second kappa shape index (κ2) is 6.62. The van der Waals surface area contributed by atoms with Gasteiger partial charge in [0.2, 0.25) is 0 Å². The number of H-pyrrole nitrogens is 1. The highest BCUT2D eigenvalue weighted by molar-refractivity contribution is 6.30. The molecule has 2 aromatic carbocycles. The maximum absolute atomic E-state index is 12.3. The lowest BCUT2D eigenvalue weighted by atomic mass is 10.1. The number of para-hydroxylation sites is 1. The van der Waals surface area contributed by atoms with E-state index < -0.39 is 5.69 Å². The molecule has 2 N–H and O–H groups in total. The molecule has 0 aliphatic carbocycles. The second-order valence-corrected chi connectivity index (χ2v) is 5.50. The third-order valence-electron chi connectivity index (χ3n) is 3.46. The third kappa shape index (κ3) is 3.57. The summed E-state index contributed by atoms with van der Waals surface area (Å²) in [7, 11) is 0. The lowest BCUT2D eigenvalue weighted by molar-refractivity contribution is 0.0950. The average molecular weight is 328 g/mol. The number of nitrogens with zero attached hydrogens (tertiary/aromatic N) is 1. The van der Waals surface area contributed by atoms with Gasteiger partial charge >= 0.3 is 5.69 Å². The Kier molecular flexibility index (Phi) is 4.39. The molecule has 1 aromatic heterocycles. The first-order valence-corrected chi connectivity index (χ1v) is 7.53. The number of rotatable bonds is 4. The predicted molar refractivity (Wildman–Crippen MR) is 89.9 cm³/mol. The van der Waals surface area contributed by atoms with E-state index >= 15 is 0 Å². The number of amides is 1. The van der Waals surface area contributed by atoms with E-state index in [1.54, 1.807) is 24.3 Å². The fourth-order valence-corrected chi connectivity index (χ4v) is 2.46. The van der Waals surface area contributed by atoms with Crippen LogP contribution in [-0.2, 0) is 6.42 Å². The molecule has 1 heterocycles. The highest BCUT2D eigenvalue weighted by atomic mass is 35.5. The van der Waals surface area contributed by atoms with Crippen molar-refractivity contribution in [2.24, 2.45) is 0 Å². The number of hydrogen-bond donors (Lipinski definition) is 2. The summed E-state index contributed by atoms with van der Waals surface area (Å²) in [6.07, 6.45) is 0.671. The number of aromatic amines is 1. The highest BCUT2D eigenvalue weighted by Crippen LogP contribution is 2.13. The van der Waals surface area contributed by atoms with E-state index in [0.717, 1.165) is 5.56 Å². The zero-order valence-electron chi connectivity index (χ0n) is 12.2. The summed E-state index contributed by atoms with van der Waals surface area (Å²) < 4.78 is 0. The van der Waals surface area contributed by atoms with Crippen LogP contribution in [0, 0.1) is 0 Å². The van der Waals surface area contributed by atoms with Crippen LogP contribution in [0.5, 0.6) is 0 Å². The van der Waals surface area contributed by atoms with Crippen LogP contribution in [0.2, 0.25) is 5.02 Å². The van der Waals surface area contributed by atoms with Crippen LogP contribution in [0.3, 0.4) is 0 Å². The number of hydrogen-bond acceptors (Lipinski definition) is 3. The van der Waals surface area contributed by atoms with E-state index in [-0.39, 0.29) is 11.6 Å². The fourth-order valence-electron chi connectivity index (χ4n) is 2.33. The second-order valence-electron chi connectivity index (χ2n) is 5.07. The molecule has 116 valence electrons. The van der Waals surface area contributed by atoms with E-state index in [1.807, 2.05) is 24.3 Å². The van der Waals surface area contributed by atoms with Gasteiger partial charge in [-0.05, 0) is 30.2 Å². The Morgan fingerprint density at radius 3 is 2.65 bits per heavy atom. The normalized spacial score (nSPS) is 10.7. The summed E-state index contributed by atoms with van der Waals surface area (Å²) in [4.78, 5) is 30.3. The Labute approximate surface area is 137 Å². The van der Waals surface area contributed by atoms with Gasteiger partial charge in [-0.15, -0.1) is 0 Å². The molecule has 5 nitrogen and oxygen atoms in total. The van der Waals surface area contributed by atoms with Crippen molar-refractivity contribution in [3.63, 3.8) is 0 Å². The summed E-state index contributed by atoms with van der Waals surface area (Å²) in [6, 6.07) is 14.5. The number of halogens is 1. The average Bonchev–Trinajstić information content (AvgIpc) is 2.55. The largest absolute Gasteiger partial charge is 0.350 e. The molecule has 0 fully saturated rings. The van der Waals surface area contributed by atoms with Crippen molar-refractivity contribution in [2.45, 2.75) is 6.42 Å². The molecule has 0 atom stereocenters. The molecule has 0 aliphatic heterocycles. The summed E-state index contributed by atoms with van der Waals surface area (Å²) >= 11 is 5.84. The Bertz CT molecular complexity index is 904. The molecule has 0 radical (unpaired) electrons. The van der Waals surface area contributed by atoms with Crippen molar-refractivity contribution in [3.05, 3.63) is 75.3 Å². The van der Waals surface area contributed by atoms with E-state index in [0.29, 0.717) is 28.9 Å². The van der Waals surface area contributed by atoms with E-state index in [2.05, 4.69) is 15.3 Å². The smallest absolute Gasteiger partial charge is 0.346 e. The predicted octanol–water partition coefficient (Wildman–Crippen LogP) is 2.55. The van der Waals surface area contributed by atoms with Crippen LogP contribution in [0.15, 0.2) is 53.3 Å². The van der Waals surface area contributed by atoms with Gasteiger partial charge in [-0.2, -0.15) is 4.98 Å². The molecular weight excluding hydrogens is 314 g/mol. The van der Waals surface area contributed by atoms with Crippen molar-refractivity contribution in [1.82, 2.24) is 15.3 Å². The van der Waals surface area contributed by atoms with Gasteiger partial charge in [0.1, 0.15) is 5.69 Å². The lowest BCUT2D eigenvalue weighted by Crippen LogP contribution is -2.29. The number of carbonyl (C=O) groups is 1. The fraction of sp³-hybridized carbons (Fsp3) is 0.118. The van der Waals surface area contributed by atoms with Gasteiger partial charge in [0.15, 0.2) is 0 Å². The number of benzene rings is 2. The van der Waals surface area contributed by atoms with Gasteiger partial charge in [0.25, 0.3) is 5.91 Å². The zero-order valence-corrected chi connectivity index (χ0v) is 12.9. The van der Waals surface area contributed by atoms with Gasteiger partial charge < -0.3 is 10.3 Å². The first kappa shape index (κ1) is 15.2. The van der Waals surface area contributed by atoms with Gasteiger partial charge in [-0.1, -0.05) is 41.9 Å². The summed E-state index contributed by atoms with van der Waals surface area (Å²) in [5, 5.41) is 4.09. The molecule has 0 saturated carbocycles. The minimum Gasteiger partial charge on any atom is -0.350 e. The molecule has 3 rings (SSSR count). The molecule has 1 amide bonds. The molecule has 0 spiro atoms. The quantitative estimate of drug-likeness (QED) is 0.773. The van der Waals surface area contributed by atoms with Crippen molar-refractivity contribution in [3.8, 4) is 0 Å². The molecule has 0 aliphatic rings. The number of carbonyl (C=O) groups excluding carboxylic acids is 1. The van der Waals surface area contributed by atoms with Crippen LogP contribution in [0.25, 0.3) is 10.9 Å². The van der Waals surface area contributed by atoms with Gasteiger partial charge in [-0.3, -0.25) is 4.79 Å². The number of nitrogens with one attached hydrogen (secondary N) is 2.